The van der Waals surface area contributed by atoms with Crippen LogP contribution >= 0.6 is 0 Å². The molecule has 126 valence electrons. The van der Waals surface area contributed by atoms with Gasteiger partial charge in [0, 0.05) is 0 Å². The summed E-state index contributed by atoms with van der Waals surface area (Å²) in [5.41, 5.74) is 0. The molecule has 1 atom stereocenters. The van der Waals surface area contributed by atoms with Crippen molar-refractivity contribution in [2.24, 2.45) is 5.92 Å². The van der Waals surface area contributed by atoms with Gasteiger partial charge in [0.05, 0.1) is 0 Å². The molecule has 0 N–H and O–H groups in total. The molecule has 0 aliphatic carbocycles. The minimum Gasteiger partial charge on any atom is -0.0654 e. The van der Waals surface area contributed by atoms with Crippen molar-refractivity contribution in [2.45, 2.75) is 124 Å². The fourth-order valence-corrected chi connectivity index (χ4v) is 2.94. The van der Waals surface area contributed by atoms with Crippen LogP contribution in [0.1, 0.15) is 124 Å². The zero-order valence-electron chi connectivity index (χ0n) is 15.4. The van der Waals surface area contributed by atoms with E-state index < -0.39 is 0 Å². The second-order valence-corrected chi connectivity index (χ2v) is 6.89. The molecule has 0 nitrogen and oxygen atoms in total. The molecule has 0 amide bonds. The lowest BCUT2D eigenvalue weighted by atomic mass is 9.96. The van der Waals surface area contributed by atoms with Crippen molar-refractivity contribution in [1.29, 1.82) is 0 Å². The minimum atomic E-state index is 0.723. The van der Waals surface area contributed by atoms with Crippen LogP contribution < -0.4 is 0 Å². The summed E-state index contributed by atoms with van der Waals surface area (Å²) < 4.78 is 0. The van der Waals surface area contributed by atoms with Crippen LogP contribution in [0.4, 0.5) is 0 Å². The van der Waals surface area contributed by atoms with Crippen LogP contribution in [-0.2, 0) is 0 Å². The van der Waals surface area contributed by atoms with Crippen molar-refractivity contribution in [3.05, 3.63) is 6.42 Å². The Bertz CT molecular complexity index is 173. The molecule has 0 saturated heterocycles. The predicted octanol–water partition coefficient (Wildman–Crippen LogP) is 7.99. The molecule has 0 bridgehead atoms. The molecule has 21 heavy (non-hydrogen) atoms. The molecule has 0 saturated carbocycles. The number of hydrogen-bond acceptors (Lipinski definition) is 0. The molecule has 0 aliphatic rings. The Morgan fingerprint density at radius 2 is 1.00 bits per heavy atom. The Balaban J connectivity index is 3.07. The van der Waals surface area contributed by atoms with Crippen molar-refractivity contribution in [3.63, 3.8) is 0 Å². The molecule has 0 heterocycles. The van der Waals surface area contributed by atoms with Crippen LogP contribution in [0.5, 0.6) is 0 Å². The van der Waals surface area contributed by atoms with Crippen LogP contribution in [-0.4, -0.2) is 0 Å². The highest BCUT2D eigenvalue weighted by molar-refractivity contribution is 4.72. The molecule has 0 rings (SSSR count). The lowest BCUT2D eigenvalue weighted by molar-refractivity contribution is 0.509. The summed E-state index contributed by atoms with van der Waals surface area (Å²) >= 11 is 0. The quantitative estimate of drug-likeness (QED) is 0.238. The summed E-state index contributed by atoms with van der Waals surface area (Å²) in [6.07, 6.45) is 26.2. The van der Waals surface area contributed by atoms with E-state index in [4.69, 9.17) is 0 Å². The summed E-state index contributed by atoms with van der Waals surface area (Å²) in [5.74, 6) is 0.723. The highest BCUT2D eigenvalue weighted by Crippen LogP contribution is 2.17. The van der Waals surface area contributed by atoms with Gasteiger partial charge >= 0.3 is 0 Å². The lowest BCUT2D eigenvalue weighted by Crippen LogP contribution is -1.96. The van der Waals surface area contributed by atoms with E-state index in [1.54, 1.807) is 0 Å². The van der Waals surface area contributed by atoms with Crippen LogP contribution in [0.15, 0.2) is 0 Å². The molecular formula is C21H42. The number of hydrogen-bond donors (Lipinski definition) is 0. The van der Waals surface area contributed by atoms with Gasteiger partial charge < -0.3 is 0 Å². The Morgan fingerprint density at radius 1 is 0.571 bits per heavy atom. The zero-order chi connectivity index (χ0) is 15.6. The summed E-state index contributed by atoms with van der Waals surface area (Å²) in [7, 11) is 0. The maximum Gasteiger partial charge on any atom is -0.0143 e. The fourth-order valence-electron chi connectivity index (χ4n) is 2.94. The highest BCUT2D eigenvalue weighted by atomic mass is 14.1. The summed E-state index contributed by atoms with van der Waals surface area (Å²) in [4.78, 5) is 0. The van der Waals surface area contributed by atoms with E-state index in [1.807, 2.05) is 0 Å². The Labute approximate surface area is 136 Å². The van der Waals surface area contributed by atoms with Gasteiger partial charge in [-0.3, -0.25) is 0 Å². The van der Waals surface area contributed by atoms with Gasteiger partial charge in [-0.2, -0.15) is 0 Å². The lowest BCUT2D eigenvalue weighted by Gasteiger charge is -2.10. The van der Waals surface area contributed by atoms with Gasteiger partial charge in [-0.15, -0.1) is 0 Å². The predicted molar refractivity (Wildman–Crippen MR) is 97.6 cm³/mol. The van der Waals surface area contributed by atoms with Crippen LogP contribution in [0, 0.1) is 12.3 Å². The molecule has 0 aromatic rings. The number of unbranched alkanes of at least 4 members (excludes halogenated alkanes) is 13. The Kier molecular flexibility index (Phi) is 18.1. The fraction of sp³-hybridized carbons (Fsp3) is 0.952. The van der Waals surface area contributed by atoms with E-state index in [9.17, 15) is 0 Å². The molecule has 0 aliphatic heterocycles. The Hall–Kier alpha value is 0. The van der Waals surface area contributed by atoms with Crippen molar-refractivity contribution in [2.75, 3.05) is 0 Å². The zero-order valence-corrected chi connectivity index (χ0v) is 15.4. The summed E-state index contributed by atoms with van der Waals surface area (Å²) in [5, 5.41) is 0. The van der Waals surface area contributed by atoms with Gasteiger partial charge in [0.15, 0.2) is 0 Å². The normalized spacial score (nSPS) is 12.7. The van der Waals surface area contributed by atoms with E-state index in [-0.39, 0.29) is 0 Å². The molecule has 0 aromatic carbocycles. The highest BCUT2D eigenvalue weighted by Gasteiger charge is 2.02. The van der Waals surface area contributed by atoms with Gasteiger partial charge in [-0.25, -0.2) is 0 Å². The SMILES string of the molecule is CCCCCCCCCCCC[C]C(C)CCCCCC. The first-order chi connectivity index (χ1) is 10.3. The van der Waals surface area contributed by atoms with Crippen LogP contribution in [0.3, 0.4) is 0 Å². The van der Waals surface area contributed by atoms with Gasteiger partial charge in [0.25, 0.3) is 0 Å². The van der Waals surface area contributed by atoms with E-state index in [0.717, 1.165) is 5.92 Å². The second-order valence-electron chi connectivity index (χ2n) is 6.89. The van der Waals surface area contributed by atoms with Gasteiger partial charge in [0.1, 0.15) is 0 Å². The second kappa shape index (κ2) is 18.1. The molecular weight excluding hydrogens is 252 g/mol. The average molecular weight is 295 g/mol. The maximum absolute atomic E-state index is 3.68. The third kappa shape index (κ3) is 18.0. The van der Waals surface area contributed by atoms with Crippen molar-refractivity contribution in [1.82, 2.24) is 0 Å². The first-order valence-corrected chi connectivity index (χ1v) is 10.0. The minimum absolute atomic E-state index is 0.723. The first-order valence-electron chi connectivity index (χ1n) is 10.0. The number of rotatable bonds is 17. The molecule has 1 unspecified atom stereocenters. The summed E-state index contributed by atoms with van der Waals surface area (Å²) in [6.45, 7) is 6.93. The van der Waals surface area contributed by atoms with Crippen LogP contribution in [0.2, 0.25) is 0 Å². The van der Waals surface area contributed by atoms with E-state index in [0.29, 0.717) is 0 Å². The monoisotopic (exact) mass is 294 g/mol. The van der Waals surface area contributed by atoms with Crippen molar-refractivity contribution < 1.29 is 0 Å². The van der Waals surface area contributed by atoms with E-state index in [1.165, 1.54) is 103 Å². The molecule has 0 spiro atoms. The van der Waals surface area contributed by atoms with Crippen LogP contribution in [0.25, 0.3) is 0 Å². The summed E-state index contributed by atoms with van der Waals surface area (Å²) in [6, 6.07) is 0. The molecule has 0 fully saturated rings. The molecule has 0 heteroatoms. The topological polar surface area (TPSA) is 0 Å². The smallest absolute Gasteiger partial charge is 0.0143 e. The third-order valence-electron chi connectivity index (χ3n) is 4.51. The average Bonchev–Trinajstić information content (AvgIpc) is 2.49. The van der Waals surface area contributed by atoms with Crippen molar-refractivity contribution in [3.8, 4) is 0 Å². The molecule has 2 radical (unpaired) electrons. The van der Waals surface area contributed by atoms with E-state index >= 15 is 0 Å². The van der Waals surface area contributed by atoms with Crippen molar-refractivity contribution >= 4 is 0 Å². The Morgan fingerprint density at radius 3 is 1.52 bits per heavy atom. The first kappa shape index (κ1) is 21.0. The van der Waals surface area contributed by atoms with Gasteiger partial charge in [-0.1, -0.05) is 117 Å². The van der Waals surface area contributed by atoms with E-state index in [2.05, 4.69) is 27.2 Å². The standard InChI is InChI=1S/C21H42/c1-4-6-8-10-11-12-13-14-15-16-18-20-21(3)19-17-9-7-5-2/h21H,4-19H2,1-3H3. The third-order valence-corrected chi connectivity index (χ3v) is 4.51. The largest absolute Gasteiger partial charge is 0.0654 e. The maximum atomic E-state index is 3.68. The molecule has 0 aromatic heterocycles. The van der Waals surface area contributed by atoms with Gasteiger partial charge in [0.2, 0.25) is 0 Å². The van der Waals surface area contributed by atoms with Gasteiger partial charge in [-0.05, 0) is 18.8 Å².